The molecule has 0 aliphatic carbocycles. The highest BCUT2D eigenvalue weighted by molar-refractivity contribution is 5.35. The van der Waals surface area contributed by atoms with Gasteiger partial charge < -0.3 is 16.2 Å². The van der Waals surface area contributed by atoms with Crippen molar-refractivity contribution in [2.24, 2.45) is 0 Å². The van der Waals surface area contributed by atoms with Gasteiger partial charge in [-0.25, -0.2) is 9.97 Å². The Morgan fingerprint density at radius 3 is 2.71 bits per heavy atom. The second-order valence-corrected chi connectivity index (χ2v) is 3.16. The summed E-state index contributed by atoms with van der Waals surface area (Å²) >= 11 is 0. The molecule has 5 nitrogen and oxygen atoms in total. The third kappa shape index (κ3) is 3.57. The minimum absolute atomic E-state index is 0.346. The Bertz CT molecular complexity index is 262. The molecule has 0 amide bonds. The molecule has 0 saturated carbocycles. The maximum Gasteiger partial charge on any atom is 0.222 e. The fraction of sp³-hybridized carbons (Fsp3) is 0.556. The summed E-state index contributed by atoms with van der Waals surface area (Å²) in [6.07, 6.45) is 4.46. The minimum Gasteiger partial charge on any atom is -0.396 e. The van der Waals surface area contributed by atoms with Gasteiger partial charge in [0, 0.05) is 6.54 Å². The van der Waals surface area contributed by atoms with Crippen LogP contribution in [0.3, 0.4) is 0 Å². The number of nitrogens with zero attached hydrogens (tertiary/aromatic N) is 2. The maximum absolute atomic E-state index is 9.42. The van der Waals surface area contributed by atoms with E-state index in [0.29, 0.717) is 18.2 Å². The number of aromatic nitrogens is 2. The van der Waals surface area contributed by atoms with E-state index in [1.165, 1.54) is 12.4 Å². The number of nitrogen functional groups attached to an aromatic ring is 1. The molecule has 5 heteroatoms. The largest absolute Gasteiger partial charge is 0.396 e. The molecule has 1 aromatic heterocycles. The molecular formula is C9H16N4O. The number of hydrogen-bond donors (Lipinski definition) is 3. The molecule has 4 N–H and O–H groups in total. The van der Waals surface area contributed by atoms with Gasteiger partial charge in [0.25, 0.3) is 0 Å². The van der Waals surface area contributed by atoms with Gasteiger partial charge in [-0.05, 0) is 6.42 Å². The van der Waals surface area contributed by atoms with Crippen LogP contribution in [-0.2, 0) is 0 Å². The number of nitrogens with one attached hydrogen (secondary N) is 1. The van der Waals surface area contributed by atoms with Crippen molar-refractivity contribution in [3.8, 4) is 0 Å². The zero-order chi connectivity index (χ0) is 10.4. The quantitative estimate of drug-likeness (QED) is 0.643. The summed E-state index contributed by atoms with van der Waals surface area (Å²) < 4.78 is 0. The van der Waals surface area contributed by atoms with Crippen LogP contribution in [-0.4, -0.2) is 27.7 Å². The van der Waals surface area contributed by atoms with Crippen molar-refractivity contribution >= 4 is 11.6 Å². The Morgan fingerprint density at radius 2 is 2.14 bits per heavy atom. The monoisotopic (exact) mass is 196 g/mol. The Labute approximate surface area is 83.4 Å². The summed E-state index contributed by atoms with van der Waals surface area (Å²) in [5, 5.41) is 12.4. The van der Waals surface area contributed by atoms with Gasteiger partial charge in [-0.1, -0.05) is 13.3 Å². The predicted octanol–water partition coefficient (Wildman–Crippen LogP) is 0.632. The molecule has 1 unspecified atom stereocenters. The number of hydrogen-bond acceptors (Lipinski definition) is 5. The summed E-state index contributed by atoms with van der Waals surface area (Å²) in [5.74, 6) is 0.495. The van der Waals surface area contributed by atoms with E-state index in [2.05, 4.69) is 15.3 Å². The number of aliphatic hydroxyl groups is 1. The lowest BCUT2D eigenvalue weighted by atomic mass is 10.2. The standard InChI is InChI=1S/C9H16N4O/c1-2-3-8(14)6-13-9-11-4-7(10)5-12-9/h4-5,8,14H,2-3,6,10H2,1H3,(H,11,12,13). The van der Waals surface area contributed by atoms with Crippen molar-refractivity contribution < 1.29 is 5.11 Å². The summed E-state index contributed by atoms with van der Waals surface area (Å²) in [7, 11) is 0. The summed E-state index contributed by atoms with van der Waals surface area (Å²) in [4.78, 5) is 7.90. The molecule has 0 fully saturated rings. The average Bonchev–Trinajstić information content (AvgIpc) is 2.17. The minimum atomic E-state index is -0.346. The highest BCUT2D eigenvalue weighted by Gasteiger charge is 2.02. The smallest absolute Gasteiger partial charge is 0.222 e. The molecule has 1 rings (SSSR count). The van der Waals surface area contributed by atoms with Crippen molar-refractivity contribution in [3.05, 3.63) is 12.4 Å². The number of rotatable bonds is 5. The van der Waals surface area contributed by atoms with Crippen molar-refractivity contribution in [2.45, 2.75) is 25.9 Å². The highest BCUT2D eigenvalue weighted by Crippen LogP contribution is 2.02. The van der Waals surface area contributed by atoms with E-state index >= 15 is 0 Å². The fourth-order valence-corrected chi connectivity index (χ4v) is 1.07. The van der Waals surface area contributed by atoms with Gasteiger partial charge >= 0.3 is 0 Å². The van der Waals surface area contributed by atoms with Gasteiger partial charge in [0.15, 0.2) is 0 Å². The number of nitrogens with two attached hydrogens (primary N) is 1. The van der Waals surface area contributed by atoms with Gasteiger partial charge in [0.05, 0.1) is 24.2 Å². The Morgan fingerprint density at radius 1 is 1.50 bits per heavy atom. The van der Waals surface area contributed by atoms with Crippen LogP contribution < -0.4 is 11.1 Å². The van der Waals surface area contributed by atoms with Crippen LogP contribution in [0, 0.1) is 0 Å². The molecule has 0 saturated heterocycles. The van der Waals surface area contributed by atoms with Crippen molar-refractivity contribution in [2.75, 3.05) is 17.6 Å². The number of anilines is 2. The summed E-state index contributed by atoms with van der Waals surface area (Å²) in [5.41, 5.74) is 5.96. The Balaban J connectivity index is 2.34. The van der Waals surface area contributed by atoms with Crippen LogP contribution in [0.4, 0.5) is 11.6 Å². The van der Waals surface area contributed by atoms with E-state index in [1.807, 2.05) is 6.92 Å². The molecule has 0 radical (unpaired) electrons. The van der Waals surface area contributed by atoms with Gasteiger partial charge in [-0.2, -0.15) is 0 Å². The van der Waals surface area contributed by atoms with E-state index in [9.17, 15) is 5.11 Å². The molecular weight excluding hydrogens is 180 g/mol. The van der Waals surface area contributed by atoms with E-state index in [4.69, 9.17) is 5.73 Å². The zero-order valence-corrected chi connectivity index (χ0v) is 8.27. The normalized spacial score (nSPS) is 12.4. The molecule has 1 atom stereocenters. The van der Waals surface area contributed by atoms with Crippen molar-refractivity contribution in [1.82, 2.24) is 9.97 Å². The van der Waals surface area contributed by atoms with E-state index in [-0.39, 0.29) is 6.10 Å². The van der Waals surface area contributed by atoms with E-state index < -0.39 is 0 Å². The highest BCUT2D eigenvalue weighted by atomic mass is 16.3. The molecule has 0 bridgehead atoms. The van der Waals surface area contributed by atoms with Crippen LogP contribution in [0.25, 0.3) is 0 Å². The fourth-order valence-electron chi connectivity index (χ4n) is 1.07. The van der Waals surface area contributed by atoms with E-state index in [0.717, 1.165) is 12.8 Å². The molecule has 78 valence electrons. The lowest BCUT2D eigenvalue weighted by molar-refractivity contribution is 0.176. The molecule has 0 aliphatic heterocycles. The lowest BCUT2D eigenvalue weighted by Gasteiger charge is -2.09. The topological polar surface area (TPSA) is 84.1 Å². The predicted molar refractivity (Wildman–Crippen MR) is 55.8 cm³/mol. The van der Waals surface area contributed by atoms with Crippen LogP contribution in [0.2, 0.25) is 0 Å². The first-order valence-electron chi connectivity index (χ1n) is 4.71. The maximum atomic E-state index is 9.42. The molecule has 1 heterocycles. The van der Waals surface area contributed by atoms with Crippen LogP contribution in [0.15, 0.2) is 12.4 Å². The third-order valence-corrected chi connectivity index (χ3v) is 1.79. The summed E-state index contributed by atoms with van der Waals surface area (Å²) in [6, 6.07) is 0. The van der Waals surface area contributed by atoms with E-state index in [1.54, 1.807) is 0 Å². The Kier molecular flexibility index (Phi) is 4.12. The average molecular weight is 196 g/mol. The van der Waals surface area contributed by atoms with Crippen LogP contribution in [0.1, 0.15) is 19.8 Å². The number of aliphatic hydroxyl groups excluding tert-OH is 1. The second-order valence-electron chi connectivity index (χ2n) is 3.16. The van der Waals surface area contributed by atoms with Crippen molar-refractivity contribution in [1.29, 1.82) is 0 Å². The Hall–Kier alpha value is -1.36. The molecule has 0 spiro atoms. The summed E-state index contributed by atoms with van der Waals surface area (Å²) in [6.45, 7) is 2.50. The molecule has 1 aromatic rings. The first kappa shape index (κ1) is 10.7. The SMILES string of the molecule is CCCC(O)CNc1ncc(N)cn1. The first-order chi connectivity index (χ1) is 6.72. The molecule has 0 aromatic carbocycles. The molecule has 0 aliphatic rings. The van der Waals surface area contributed by atoms with Gasteiger partial charge in [-0.15, -0.1) is 0 Å². The van der Waals surface area contributed by atoms with Crippen molar-refractivity contribution in [3.63, 3.8) is 0 Å². The second kappa shape index (κ2) is 5.39. The molecule has 14 heavy (non-hydrogen) atoms. The van der Waals surface area contributed by atoms with Gasteiger partial charge in [0.2, 0.25) is 5.95 Å². The lowest BCUT2D eigenvalue weighted by Crippen LogP contribution is -2.20. The third-order valence-electron chi connectivity index (χ3n) is 1.79. The van der Waals surface area contributed by atoms with Gasteiger partial charge in [-0.3, -0.25) is 0 Å². The zero-order valence-electron chi connectivity index (χ0n) is 8.27. The van der Waals surface area contributed by atoms with Crippen LogP contribution >= 0.6 is 0 Å². The first-order valence-corrected chi connectivity index (χ1v) is 4.71. The van der Waals surface area contributed by atoms with Gasteiger partial charge in [0.1, 0.15) is 0 Å². The van der Waals surface area contributed by atoms with Crippen LogP contribution in [0.5, 0.6) is 0 Å².